The summed E-state index contributed by atoms with van der Waals surface area (Å²) in [5.41, 5.74) is 7.11. The molecule has 5 rings (SSSR count). The van der Waals surface area contributed by atoms with Crippen molar-refractivity contribution in [2.45, 2.75) is 32.1 Å². The van der Waals surface area contributed by atoms with Crippen molar-refractivity contribution < 1.29 is 0 Å². The topological polar surface area (TPSA) is 15.8 Å². The van der Waals surface area contributed by atoms with E-state index < -0.39 is 0 Å². The van der Waals surface area contributed by atoms with Crippen molar-refractivity contribution in [1.29, 1.82) is 0 Å². The van der Waals surface area contributed by atoms with Crippen molar-refractivity contribution in [3.8, 4) is 11.1 Å². The van der Waals surface area contributed by atoms with Crippen molar-refractivity contribution in [1.82, 2.24) is 4.98 Å². The van der Waals surface area contributed by atoms with Gasteiger partial charge >= 0.3 is 0 Å². The van der Waals surface area contributed by atoms with Crippen LogP contribution < -0.4 is 10.6 Å². The minimum atomic E-state index is 0.248. The van der Waals surface area contributed by atoms with Crippen LogP contribution in [0.3, 0.4) is 0 Å². The molecular weight excluding hydrogens is 266 g/mol. The average Bonchev–Trinajstić information content (AvgIpc) is 3.02. The highest BCUT2D eigenvalue weighted by Crippen LogP contribution is 2.36. The predicted octanol–water partition coefficient (Wildman–Crippen LogP) is 3.83. The van der Waals surface area contributed by atoms with Gasteiger partial charge in [-0.15, -0.1) is 0 Å². The lowest BCUT2D eigenvalue weighted by Crippen LogP contribution is -2.28. The van der Waals surface area contributed by atoms with Gasteiger partial charge in [0.1, 0.15) is 0 Å². The number of hydrogen-bond acceptors (Lipinski definition) is 0. The molecular formula is C21H19N. The Morgan fingerprint density at radius 2 is 1.91 bits per heavy atom. The molecule has 1 aromatic heterocycles. The predicted molar refractivity (Wildman–Crippen MR) is 93.3 cm³/mol. The molecule has 1 heterocycles. The van der Waals surface area contributed by atoms with Crippen molar-refractivity contribution in [2.75, 3.05) is 0 Å². The Hall–Kier alpha value is -2.28. The average molecular weight is 285 g/mol. The van der Waals surface area contributed by atoms with Crippen molar-refractivity contribution in [2.24, 2.45) is 0 Å². The molecule has 3 aromatic rings. The molecule has 1 heteroatoms. The Bertz CT molecular complexity index is 1050. The number of fused-ring (bicyclic) bond motifs is 6. The third kappa shape index (κ3) is 1.49. The summed E-state index contributed by atoms with van der Waals surface area (Å²) in [6.45, 7) is 4.75. The van der Waals surface area contributed by atoms with Gasteiger partial charge in [-0.3, -0.25) is 0 Å². The molecule has 1 nitrogen and oxygen atoms in total. The van der Waals surface area contributed by atoms with Crippen LogP contribution >= 0.6 is 0 Å². The molecule has 108 valence electrons. The van der Waals surface area contributed by atoms with Crippen LogP contribution in [0.1, 0.15) is 37.8 Å². The maximum atomic E-state index is 3.65. The minimum Gasteiger partial charge on any atom is -0.355 e. The summed E-state index contributed by atoms with van der Waals surface area (Å²) in [6, 6.07) is 13.4. The molecule has 0 spiro atoms. The molecule has 1 N–H and O–H groups in total. The lowest BCUT2D eigenvalue weighted by molar-refractivity contribution is 0.481. The van der Waals surface area contributed by atoms with E-state index >= 15 is 0 Å². The SMILES string of the molecule is CC1(C)CCC=c2[nH]c3cc4c(cc3c21)-c1ccccc1C=4. The fourth-order valence-corrected chi connectivity index (χ4v) is 4.25. The molecule has 2 aliphatic rings. The highest BCUT2D eigenvalue weighted by Gasteiger charge is 2.28. The molecule has 0 aliphatic heterocycles. The monoisotopic (exact) mass is 285 g/mol. The molecule has 0 saturated carbocycles. The third-order valence-electron chi connectivity index (χ3n) is 5.35. The van der Waals surface area contributed by atoms with E-state index in [9.17, 15) is 0 Å². The number of aromatic amines is 1. The quantitative estimate of drug-likeness (QED) is 0.505. The van der Waals surface area contributed by atoms with E-state index in [1.807, 2.05) is 0 Å². The van der Waals surface area contributed by atoms with Crippen LogP contribution in [0.2, 0.25) is 0 Å². The number of rotatable bonds is 0. The molecule has 2 aliphatic carbocycles. The second-order valence-corrected chi connectivity index (χ2v) is 7.26. The van der Waals surface area contributed by atoms with Gasteiger partial charge in [0.25, 0.3) is 0 Å². The van der Waals surface area contributed by atoms with Crippen LogP contribution in [0.15, 0.2) is 36.4 Å². The number of H-pyrrole nitrogens is 1. The zero-order valence-corrected chi connectivity index (χ0v) is 13.0. The Labute approximate surface area is 130 Å². The van der Waals surface area contributed by atoms with Gasteiger partial charge in [-0.25, -0.2) is 0 Å². The van der Waals surface area contributed by atoms with Gasteiger partial charge in [0, 0.05) is 16.3 Å². The number of nitrogens with one attached hydrogen (secondary N) is 1. The molecule has 0 saturated heterocycles. The first kappa shape index (κ1) is 12.3. The van der Waals surface area contributed by atoms with Gasteiger partial charge in [0.15, 0.2) is 0 Å². The molecule has 22 heavy (non-hydrogen) atoms. The van der Waals surface area contributed by atoms with E-state index in [1.165, 1.54) is 56.6 Å². The number of aromatic nitrogens is 1. The zero-order valence-electron chi connectivity index (χ0n) is 13.0. The second kappa shape index (κ2) is 3.92. The van der Waals surface area contributed by atoms with Crippen LogP contribution in [0, 0.1) is 0 Å². The van der Waals surface area contributed by atoms with Gasteiger partial charge < -0.3 is 4.98 Å². The third-order valence-corrected chi connectivity index (χ3v) is 5.35. The van der Waals surface area contributed by atoms with Crippen molar-refractivity contribution >= 4 is 23.1 Å². The Morgan fingerprint density at radius 3 is 2.82 bits per heavy atom. The standard InChI is InChI=1S/C21H19N/c1-21(2)9-5-8-18-20(21)17-12-16-14(11-19(17)22-18)10-13-6-3-4-7-15(13)16/h3-4,6-8,10-12,22H,5,9H2,1-2H3. The maximum absolute atomic E-state index is 3.65. The van der Waals surface area contributed by atoms with Gasteiger partial charge in [-0.05, 0) is 63.9 Å². The van der Waals surface area contributed by atoms with E-state index in [2.05, 4.69) is 67.4 Å². The first-order valence-electron chi connectivity index (χ1n) is 8.11. The summed E-state index contributed by atoms with van der Waals surface area (Å²) in [6.07, 6.45) is 7.07. The van der Waals surface area contributed by atoms with E-state index in [0.29, 0.717) is 0 Å². The highest BCUT2D eigenvalue weighted by atomic mass is 14.7. The summed E-state index contributed by atoms with van der Waals surface area (Å²) < 4.78 is 0. The van der Waals surface area contributed by atoms with Crippen LogP contribution in [0.5, 0.6) is 0 Å². The summed E-state index contributed by atoms with van der Waals surface area (Å²) in [7, 11) is 0. The lowest BCUT2D eigenvalue weighted by Gasteiger charge is -2.27. The first-order valence-corrected chi connectivity index (χ1v) is 8.11. The maximum Gasteiger partial charge on any atom is 0.0468 e. The summed E-state index contributed by atoms with van der Waals surface area (Å²) >= 11 is 0. The minimum absolute atomic E-state index is 0.248. The van der Waals surface area contributed by atoms with Gasteiger partial charge in [-0.1, -0.05) is 44.2 Å². The number of benzene rings is 2. The highest BCUT2D eigenvalue weighted by molar-refractivity contribution is 5.94. The van der Waals surface area contributed by atoms with E-state index in [1.54, 1.807) is 0 Å². The van der Waals surface area contributed by atoms with E-state index in [0.717, 1.165) is 0 Å². The first-order chi connectivity index (χ1) is 10.6. The van der Waals surface area contributed by atoms with E-state index in [4.69, 9.17) is 0 Å². The van der Waals surface area contributed by atoms with Crippen LogP contribution in [0.25, 0.3) is 34.2 Å². The van der Waals surface area contributed by atoms with Crippen molar-refractivity contribution in [3.63, 3.8) is 0 Å². The fourth-order valence-electron chi connectivity index (χ4n) is 4.25. The van der Waals surface area contributed by atoms with Crippen molar-refractivity contribution in [3.05, 3.63) is 58.1 Å². The largest absolute Gasteiger partial charge is 0.355 e. The Morgan fingerprint density at radius 1 is 1.05 bits per heavy atom. The molecule has 0 atom stereocenters. The number of hydrogen-bond donors (Lipinski definition) is 1. The Kier molecular flexibility index (Phi) is 2.19. The molecule has 0 fully saturated rings. The van der Waals surface area contributed by atoms with Crippen LogP contribution in [-0.4, -0.2) is 4.98 Å². The fraction of sp³-hybridized carbons (Fsp3) is 0.238. The van der Waals surface area contributed by atoms with Gasteiger partial charge in [0.05, 0.1) is 0 Å². The normalized spacial score (nSPS) is 17.4. The van der Waals surface area contributed by atoms with E-state index in [-0.39, 0.29) is 5.41 Å². The smallest absolute Gasteiger partial charge is 0.0468 e. The summed E-state index contributed by atoms with van der Waals surface area (Å²) in [5, 5.41) is 4.08. The van der Waals surface area contributed by atoms with Gasteiger partial charge in [0.2, 0.25) is 0 Å². The second-order valence-electron chi connectivity index (χ2n) is 7.26. The lowest BCUT2D eigenvalue weighted by atomic mass is 9.77. The summed E-state index contributed by atoms with van der Waals surface area (Å²) in [5.74, 6) is 0. The van der Waals surface area contributed by atoms with Gasteiger partial charge in [-0.2, -0.15) is 0 Å². The summed E-state index contributed by atoms with van der Waals surface area (Å²) in [4.78, 5) is 3.65. The van der Waals surface area contributed by atoms with Crippen LogP contribution in [0.4, 0.5) is 0 Å². The molecule has 2 aromatic carbocycles. The molecule has 0 unspecified atom stereocenters. The van der Waals surface area contributed by atoms with Crippen LogP contribution in [-0.2, 0) is 5.41 Å². The zero-order chi connectivity index (χ0) is 14.9. The molecule has 0 radical (unpaired) electrons. The molecule has 0 bridgehead atoms. The molecule has 0 amide bonds. The Balaban J connectivity index is 1.91.